The van der Waals surface area contributed by atoms with E-state index in [1.165, 1.54) is 0 Å². The van der Waals surface area contributed by atoms with Gasteiger partial charge in [-0.05, 0) is 12.8 Å². The summed E-state index contributed by atoms with van der Waals surface area (Å²) in [5.41, 5.74) is -5.93. The van der Waals surface area contributed by atoms with Gasteiger partial charge in [-0.1, -0.05) is 12.2 Å². The topological polar surface area (TPSA) is 149 Å². The Morgan fingerprint density at radius 1 is 0.833 bits per heavy atom. The summed E-state index contributed by atoms with van der Waals surface area (Å²) >= 11 is 0. The first-order valence-corrected chi connectivity index (χ1v) is 4.84. The van der Waals surface area contributed by atoms with Crippen LogP contribution in [0.2, 0.25) is 0 Å². The minimum Gasteiger partial charge on any atom is -0.480 e. The summed E-state index contributed by atoms with van der Waals surface area (Å²) in [4.78, 5) is 44.8. The summed E-state index contributed by atoms with van der Waals surface area (Å²) in [7, 11) is 0. The molecule has 0 saturated heterocycles. The third-order valence-corrected chi connectivity index (χ3v) is 3.13. The molecule has 0 amide bonds. The van der Waals surface area contributed by atoms with E-state index >= 15 is 0 Å². The van der Waals surface area contributed by atoms with Crippen LogP contribution in [-0.2, 0) is 19.2 Å². The Balaban J connectivity index is 3.71. The molecule has 18 heavy (non-hydrogen) atoms. The molecule has 0 radical (unpaired) electrons. The van der Waals surface area contributed by atoms with Crippen molar-refractivity contribution in [3.8, 4) is 0 Å². The average Bonchev–Trinajstić information content (AvgIpc) is 2.27. The Labute approximate surface area is 100 Å². The van der Waals surface area contributed by atoms with Gasteiger partial charge in [0.05, 0.1) is 0 Å². The molecule has 1 aliphatic rings. The highest BCUT2D eigenvalue weighted by Gasteiger charge is 2.70. The van der Waals surface area contributed by atoms with Gasteiger partial charge < -0.3 is 20.4 Å². The Bertz CT molecular complexity index is 432. The van der Waals surface area contributed by atoms with Gasteiger partial charge in [-0.25, -0.2) is 0 Å². The first-order valence-electron chi connectivity index (χ1n) is 4.84. The average molecular weight is 258 g/mol. The Kier molecular flexibility index (Phi) is 3.14. The second-order valence-electron chi connectivity index (χ2n) is 3.87. The van der Waals surface area contributed by atoms with Crippen molar-refractivity contribution in [1.29, 1.82) is 0 Å². The van der Waals surface area contributed by atoms with Gasteiger partial charge in [0.25, 0.3) is 0 Å². The molecule has 1 rings (SSSR count). The number of hydrogen-bond acceptors (Lipinski definition) is 4. The number of carbonyl (C=O) groups is 4. The van der Waals surface area contributed by atoms with Crippen LogP contribution < -0.4 is 0 Å². The maximum atomic E-state index is 11.2. The highest BCUT2D eigenvalue weighted by Crippen LogP contribution is 2.48. The number of aliphatic carboxylic acids is 4. The molecule has 0 bridgehead atoms. The van der Waals surface area contributed by atoms with Crippen LogP contribution in [0.1, 0.15) is 12.8 Å². The molecule has 0 heterocycles. The fourth-order valence-electron chi connectivity index (χ4n) is 2.14. The van der Waals surface area contributed by atoms with Gasteiger partial charge in [-0.15, -0.1) is 0 Å². The fraction of sp³-hybridized carbons (Fsp3) is 0.400. The third kappa shape index (κ3) is 1.38. The highest BCUT2D eigenvalue weighted by molar-refractivity contribution is 6.14. The molecular formula is C10H10O8. The smallest absolute Gasteiger partial charge is 0.326 e. The lowest BCUT2D eigenvalue weighted by Crippen LogP contribution is -2.61. The molecule has 0 aromatic rings. The Morgan fingerprint density at radius 2 is 1.28 bits per heavy atom. The number of allylic oxidation sites excluding steroid dienone is 1. The van der Waals surface area contributed by atoms with E-state index in [1.54, 1.807) is 0 Å². The predicted molar refractivity (Wildman–Crippen MR) is 53.8 cm³/mol. The van der Waals surface area contributed by atoms with Crippen molar-refractivity contribution in [3.63, 3.8) is 0 Å². The summed E-state index contributed by atoms with van der Waals surface area (Å²) in [6, 6.07) is 0. The number of carboxylic acid groups (broad SMARTS) is 4. The molecule has 0 atom stereocenters. The van der Waals surface area contributed by atoms with E-state index in [1.807, 2.05) is 0 Å². The first kappa shape index (κ1) is 13.7. The largest absolute Gasteiger partial charge is 0.480 e. The van der Waals surface area contributed by atoms with Gasteiger partial charge in [0, 0.05) is 0 Å². The van der Waals surface area contributed by atoms with Crippen LogP contribution in [0.4, 0.5) is 0 Å². The lowest BCUT2D eigenvalue weighted by molar-refractivity contribution is -0.191. The SMILES string of the molecule is O=C(O)C1(C(=O)O)C=CCCC1(C(=O)O)C(=O)O. The maximum Gasteiger partial charge on any atom is 0.326 e. The summed E-state index contributed by atoms with van der Waals surface area (Å²) in [5.74, 6) is -8.00. The van der Waals surface area contributed by atoms with Crippen LogP contribution in [0, 0.1) is 10.8 Å². The van der Waals surface area contributed by atoms with Crippen LogP contribution in [0.15, 0.2) is 12.2 Å². The van der Waals surface area contributed by atoms with Gasteiger partial charge in [0.2, 0.25) is 5.41 Å². The van der Waals surface area contributed by atoms with E-state index in [9.17, 15) is 19.2 Å². The minimum atomic E-state index is -3.01. The second-order valence-corrected chi connectivity index (χ2v) is 3.87. The van der Waals surface area contributed by atoms with Crippen molar-refractivity contribution in [2.45, 2.75) is 12.8 Å². The molecular weight excluding hydrogens is 248 g/mol. The van der Waals surface area contributed by atoms with Crippen molar-refractivity contribution in [2.24, 2.45) is 10.8 Å². The van der Waals surface area contributed by atoms with Crippen LogP contribution in [0.3, 0.4) is 0 Å². The van der Waals surface area contributed by atoms with Gasteiger partial charge in [-0.2, -0.15) is 0 Å². The summed E-state index contributed by atoms with van der Waals surface area (Å²) in [6.07, 6.45) is 1.16. The summed E-state index contributed by atoms with van der Waals surface area (Å²) < 4.78 is 0. The molecule has 8 nitrogen and oxygen atoms in total. The van der Waals surface area contributed by atoms with Gasteiger partial charge in [-0.3, -0.25) is 19.2 Å². The quantitative estimate of drug-likeness (QED) is 0.394. The van der Waals surface area contributed by atoms with Crippen LogP contribution in [-0.4, -0.2) is 44.3 Å². The van der Waals surface area contributed by atoms with E-state index in [0.29, 0.717) is 6.08 Å². The standard InChI is InChI=1S/C10H10O8/c11-5(12)9(6(13)14)3-1-2-4-10(9,7(15)16)8(17)18/h1,3H,2,4H2,(H,11,12)(H,13,14)(H,15,16)(H,17,18). The molecule has 0 aromatic heterocycles. The molecule has 0 aromatic carbocycles. The first-order chi connectivity index (χ1) is 8.23. The summed E-state index contributed by atoms with van der Waals surface area (Å²) in [5, 5.41) is 36.2. The molecule has 98 valence electrons. The fourth-order valence-corrected chi connectivity index (χ4v) is 2.14. The molecule has 1 aliphatic carbocycles. The van der Waals surface area contributed by atoms with Crippen LogP contribution in [0.25, 0.3) is 0 Å². The van der Waals surface area contributed by atoms with E-state index in [4.69, 9.17) is 20.4 Å². The molecule has 4 N–H and O–H groups in total. The van der Waals surface area contributed by atoms with Crippen LogP contribution in [0.5, 0.6) is 0 Å². The van der Waals surface area contributed by atoms with E-state index in [-0.39, 0.29) is 6.42 Å². The van der Waals surface area contributed by atoms with E-state index in [2.05, 4.69) is 0 Å². The second kappa shape index (κ2) is 4.13. The van der Waals surface area contributed by atoms with Crippen molar-refractivity contribution in [1.82, 2.24) is 0 Å². The van der Waals surface area contributed by atoms with Crippen molar-refractivity contribution in [2.75, 3.05) is 0 Å². The molecule has 8 heteroatoms. The van der Waals surface area contributed by atoms with Crippen molar-refractivity contribution >= 4 is 23.9 Å². The zero-order chi connectivity index (χ0) is 14.1. The molecule has 0 aliphatic heterocycles. The number of hydrogen-bond donors (Lipinski definition) is 4. The van der Waals surface area contributed by atoms with Gasteiger partial charge in [0.1, 0.15) is 0 Å². The van der Waals surface area contributed by atoms with E-state index in [0.717, 1.165) is 6.08 Å². The molecule has 0 saturated carbocycles. The lowest BCUT2D eigenvalue weighted by atomic mass is 9.58. The Morgan fingerprint density at radius 3 is 1.56 bits per heavy atom. The highest BCUT2D eigenvalue weighted by atomic mass is 16.4. The zero-order valence-corrected chi connectivity index (χ0v) is 8.99. The van der Waals surface area contributed by atoms with Crippen LogP contribution >= 0.6 is 0 Å². The number of carboxylic acids is 4. The lowest BCUT2D eigenvalue weighted by Gasteiger charge is -2.38. The summed E-state index contributed by atoms with van der Waals surface area (Å²) in [6.45, 7) is 0. The predicted octanol–water partition coefficient (Wildman–Crippen LogP) is -0.352. The molecule has 0 spiro atoms. The third-order valence-electron chi connectivity index (χ3n) is 3.13. The monoisotopic (exact) mass is 258 g/mol. The minimum absolute atomic E-state index is 0.0269. The Hall–Kier alpha value is -2.38. The molecule has 0 fully saturated rings. The van der Waals surface area contributed by atoms with Gasteiger partial charge in [0.15, 0.2) is 5.41 Å². The van der Waals surface area contributed by atoms with Crippen molar-refractivity contribution in [3.05, 3.63) is 12.2 Å². The van der Waals surface area contributed by atoms with Gasteiger partial charge >= 0.3 is 23.9 Å². The molecule has 0 unspecified atom stereocenters. The maximum absolute atomic E-state index is 11.2. The van der Waals surface area contributed by atoms with Crippen molar-refractivity contribution < 1.29 is 39.6 Å². The zero-order valence-electron chi connectivity index (χ0n) is 8.99. The number of rotatable bonds is 4. The normalized spacial score (nSPS) is 20.0. The van der Waals surface area contributed by atoms with E-state index < -0.39 is 41.1 Å².